The Morgan fingerprint density at radius 1 is 1.25 bits per heavy atom. The molecular weight excluding hydrogens is 270 g/mol. The first-order chi connectivity index (χ1) is 9.46. The van der Waals surface area contributed by atoms with Crippen LogP contribution in [0.1, 0.15) is 25.3 Å². The molecule has 20 heavy (non-hydrogen) atoms. The molecule has 1 saturated heterocycles. The zero-order valence-electron chi connectivity index (χ0n) is 12.5. The summed E-state index contributed by atoms with van der Waals surface area (Å²) in [5.41, 5.74) is 1.33. The van der Waals surface area contributed by atoms with Crippen LogP contribution in [0.3, 0.4) is 0 Å². The van der Waals surface area contributed by atoms with Crippen LogP contribution in [-0.4, -0.2) is 52.7 Å². The molecule has 0 spiro atoms. The molecule has 1 aromatic rings. The number of rotatable bonds is 5. The lowest BCUT2D eigenvalue weighted by molar-refractivity contribution is 0.221. The molecule has 0 bridgehead atoms. The van der Waals surface area contributed by atoms with Crippen LogP contribution in [0.2, 0.25) is 0 Å². The van der Waals surface area contributed by atoms with E-state index in [1.54, 1.807) is 0 Å². The Hall–Kier alpha value is -1.00. The zero-order chi connectivity index (χ0) is 14.6. The van der Waals surface area contributed by atoms with Crippen LogP contribution in [0, 0.1) is 0 Å². The second-order valence-electron chi connectivity index (χ2n) is 5.79. The van der Waals surface area contributed by atoms with E-state index in [9.17, 15) is 4.21 Å². The van der Waals surface area contributed by atoms with Gasteiger partial charge in [-0.25, -0.2) is 0 Å². The summed E-state index contributed by atoms with van der Waals surface area (Å²) in [4.78, 5) is 2.30. The quantitative estimate of drug-likeness (QED) is 0.780. The summed E-state index contributed by atoms with van der Waals surface area (Å²) in [5, 5.41) is 0. The molecule has 1 fully saturated rings. The molecule has 0 aliphatic carbocycles. The first kappa shape index (κ1) is 15.4. The van der Waals surface area contributed by atoms with Gasteiger partial charge in [0.1, 0.15) is 12.4 Å². The van der Waals surface area contributed by atoms with Crippen LogP contribution in [0.25, 0.3) is 0 Å². The molecule has 4 heteroatoms. The molecule has 1 aliphatic rings. The van der Waals surface area contributed by atoms with Gasteiger partial charge < -0.3 is 4.74 Å². The Morgan fingerprint density at radius 2 is 1.85 bits per heavy atom. The second kappa shape index (κ2) is 6.64. The summed E-state index contributed by atoms with van der Waals surface area (Å²) in [7, 11) is -1.79. The van der Waals surface area contributed by atoms with Crippen molar-refractivity contribution in [2.24, 2.45) is 0 Å². The highest BCUT2D eigenvalue weighted by molar-refractivity contribution is 8.00. The maximum Gasteiger partial charge on any atom is 0.119 e. The van der Waals surface area contributed by atoms with Crippen molar-refractivity contribution in [3.8, 4) is 5.75 Å². The molecule has 0 unspecified atom stereocenters. The lowest BCUT2D eigenvalue weighted by Gasteiger charge is -2.28. The Bertz CT molecular complexity index is 506. The molecule has 0 amide bonds. The minimum Gasteiger partial charge on any atom is -0.492 e. The Labute approximate surface area is 122 Å². The van der Waals surface area contributed by atoms with Crippen molar-refractivity contribution >= 4 is 15.4 Å². The molecule has 1 aromatic carbocycles. The van der Waals surface area contributed by atoms with Gasteiger partial charge in [0.05, 0.1) is 0 Å². The van der Waals surface area contributed by atoms with Gasteiger partial charge in [0, 0.05) is 31.1 Å². The van der Waals surface area contributed by atoms with Crippen LogP contribution in [-0.2, 0) is 9.52 Å². The monoisotopic (exact) mass is 295 g/mol. The van der Waals surface area contributed by atoms with Gasteiger partial charge in [-0.1, -0.05) is 26.0 Å². The molecule has 0 saturated carbocycles. The smallest absolute Gasteiger partial charge is 0.119 e. The fraction of sp³-hybridized carbons (Fsp3) is 0.562. The van der Waals surface area contributed by atoms with Gasteiger partial charge in [-0.3, -0.25) is 9.11 Å². The first-order valence-electron chi connectivity index (χ1n) is 7.24. The Kier molecular flexibility index (Phi) is 5.11. The Balaban J connectivity index is 1.73. The van der Waals surface area contributed by atoms with Crippen molar-refractivity contribution in [2.75, 3.05) is 37.7 Å². The van der Waals surface area contributed by atoms with Gasteiger partial charge in [-0.15, -0.1) is 0 Å². The van der Waals surface area contributed by atoms with E-state index in [1.807, 2.05) is 12.1 Å². The topological polar surface area (TPSA) is 29.5 Å². The number of hydrogen-bond donors (Lipinski definition) is 0. The summed E-state index contributed by atoms with van der Waals surface area (Å²) >= 11 is 0. The molecule has 112 valence electrons. The molecule has 3 nitrogen and oxygen atoms in total. The lowest BCUT2D eigenvalue weighted by atomic mass is 10.0. The van der Waals surface area contributed by atoms with Crippen LogP contribution in [0.4, 0.5) is 0 Å². The van der Waals surface area contributed by atoms with E-state index >= 15 is 0 Å². The maximum atomic E-state index is 11.8. The van der Waals surface area contributed by atoms with E-state index in [2.05, 4.69) is 36.8 Å². The van der Waals surface area contributed by atoms with Gasteiger partial charge in [0.25, 0.3) is 0 Å². The molecule has 0 aromatic heterocycles. The van der Waals surface area contributed by atoms with E-state index in [0.29, 0.717) is 12.5 Å². The fourth-order valence-corrected chi connectivity index (χ4v) is 3.66. The first-order valence-corrected chi connectivity index (χ1v) is 9.30. The molecule has 0 atom stereocenters. The van der Waals surface area contributed by atoms with Crippen molar-refractivity contribution in [3.63, 3.8) is 0 Å². The molecule has 1 aliphatic heterocycles. The normalized spacial score (nSPS) is 19.1. The van der Waals surface area contributed by atoms with Crippen molar-refractivity contribution in [1.82, 2.24) is 4.90 Å². The van der Waals surface area contributed by atoms with Gasteiger partial charge >= 0.3 is 0 Å². The maximum absolute atomic E-state index is 11.8. The largest absolute Gasteiger partial charge is 0.492 e. The molecule has 0 radical (unpaired) electrons. The third kappa shape index (κ3) is 4.53. The standard InChI is InChI=1S/C16H25NO2S/c1-14(2)15-4-6-16(7-5-15)19-11-8-17-9-12-20(3,18)13-10-17/h4-7,14H,3,8-13H2,1-2H3. The van der Waals surface area contributed by atoms with Crippen molar-refractivity contribution < 1.29 is 8.95 Å². The predicted octanol–water partition coefficient (Wildman–Crippen LogP) is 2.22. The lowest BCUT2D eigenvalue weighted by Crippen LogP contribution is -2.41. The highest BCUT2D eigenvalue weighted by Crippen LogP contribution is 2.18. The third-order valence-corrected chi connectivity index (χ3v) is 5.64. The van der Waals surface area contributed by atoms with Gasteiger partial charge in [0.15, 0.2) is 0 Å². The van der Waals surface area contributed by atoms with Crippen molar-refractivity contribution in [3.05, 3.63) is 29.8 Å². The molecule has 2 rings (SSSR count). The van der Waals surface area contributed by atoms with Crippen LogP contribution in [0.5, 0.6) is 5.75 Å². The number of benzene rings is 1. The SMILES string of the molecule is C=S1(=O)CCN(CCOc2ccc(C(C)C)cc2)CC1. The predicted molar refractivity (Wildman–Crippen MR) is 87.5 cm³/mol. The van der Waals surface area contributed by atoms with E-state index in [1.165, 1.54) is 5.56 Å². The minimum atomic E-state index is -1.79. The van der Waals surface area contributed by atoms with Gasteiger partial charge in [-0.05, 0) is 39.0 Å². The van der Waals surface area contributed by atoms with E-state index in [0.717, 1.165) is 36.9 Å². The number of nitrogens with zero attached hydrogens (tertiary/aromatic N) is 1. The van der Waals surface area contributed by atoms with E-state index in [-0.39, 0.29) is 0 Å². The fourth-order valence-electron chi connectivity index (χ4n) is 2.27. The van der Waals surface area contributed by atoms with Crippen molar-refractivity contribution in [1.29, 1.82) is 0 Å². The van der Waals surface area contributed by atoms with Crippen molar-refractivity contribution in [2.45, 2.75) is 19.8 Å². The van der Waals surface area contributed by atoms with Gasteiger partial charge in [-0.2, -0.15) is 0 Å². The average molecular weight is 295 g/mol. The third-order valence-electron chi connectivity index (χ3n) is 3.78. The Morgan fingerprint density at radius 3 is 2.40 bits per heavy atom. The summed E-state index contributed by atoms with van der Waals surface area (Å²) in [5.74, 6) is 6.70. The second-order valence-corrected chi connectivity index (χ2v) is 8.54. The molecule has 0 N–H and O–H groups in total. The highest BCUT2D eigenvalue weighted by Gasteiger charge is 2.16. The van der Waals surface area contributed by atoms with Crippen LogP contribution in [0.15, 0.2) is 24.3 Å². The zero-order valence-corrected chi connectivity index (χ0v) is 13.3. The van der Waals surface area contributed by atoms with Gasteiger partial charge in [0.2, 0.25) is 0 Å². The van der Waals surface area contributed by atoms with E-state index in [4.69, 9.17) is 4.74 Å². The van der Waals surface area contributed by atoms with Crippen LogP contribution < -0.4 is 4.74 Å². The average Bonchev–Trinajstić information content (AvgIpc) is 2.41. The summed E-state index contributed by atoms with van der Waals surface area (Å²) < 4.78 is 17.5. The highest BCUT2D eigenvalue weighted by atomic mass is 32.2. The van der Waals surface area contributed by atoms with E-state index < -0.39 is 9.52 Å². The summed E-state index contributed by atoms with van der Waals surface area (Å²) in [6, 6.07) is 8.32. The van der Waals surface area contributed by atoms with Crippen LogP contribution >= 0.6 is 0 Å². The summed E-state index contributed by atoms with van der Waals surface area (Å²) in [6.07, 6.45) is 0. The molecule has 1 heterocycles. The summed E-state index contributed by atoms with van der Waals surface area (Å²) in [6.45, 7) is 7.69. The minimum absolute atomic E-state index is 0.551. The number of ether oxygens (including phenoxy) is 1. The number of hydrogen-bond acceptors (Lipinski definition) is 3. The molecular formula is C16H25NO2S.